The van der Waals surface area contributed by atoms with E-state index in [-0.39, 0.29) is 5.91 Å². The van der Waals surface area contributed by atoms with Crippen molar-refractivity contribution in [2.24, 2.45) is 0 Å². The van der Waals surface area contributed by atoms with Gasteiger partial charge in [-0.25, -0.2) is 9.97 Å². The summed E-state index contributed by atoms with van der Waals surface area (Å²) < 4.78 is 0. The van der Waals surface area contributed by atoms with Crippen LogP contribution in [-0.2, 0) is 4.79 Å². The maximum atomic E-state index is 10.6. The van der Waals surface area contributed by atoms with Crippen molar-refractivity contribution < 1.29 is 4.79 Å². The van der Waals surface area contributed by atoms with Gasteiger partial charge in [-0.1, -0.05) is 11.8 Å². The van der Waals surface area contributed by atoms with Crippen LogP contribution in [0.5, 0.6) is 0 Å². The van der Waals surface area contributed by atoms with Crippen molar-refractivity contribution in [2.75, 3.05) is 11.6 Å². The minimum Gasteiger partial charge on any atom is -0.311 e. The van der Waals surface area contributed by atoms with Crippen molar-refractivity contribution in [1.29, 1.82) is 0 Å². The van der Waals surface area contributed by atoms with E-state index >= 15 is 0 Å². The van der Waals surface area contributed by atoms with Gasteiger partial charge in [0.05, 0.1) is 0 Å². The molecule has 0 saturated heterocycles. The Bertz CT molecular complexity index is 290. The van der Waals surface area contributed by atoms with Gasteiger partial charge in [-0.2, -0.15) is 0 Å². The molecule has 1 N–H and O–H groups in total. The summed E-state index contributed by atoms with van der Waals surface area (Å²) in [7, 11) is 0. The van der Waals surface area contributed by atoms with Gasteiger partial charge in [0.25, 0.3) is 0 Å². The fourth-order valence-corrected chi connectivity index (χ4v) is 1.05. The molecular formula is C7H9N3OS. The average Bonchev–Trinajstić information content (AvgIpc) is 2.03. The molecule has 0 aromatic carbocycles. The Morgan fingerprint density at radius 2 is 2.42 bits per heavy atom. The Hall–Kier alpha value is -1.10. The van der Waals surface area contributed by atoms with E-state index in [1.807, 2.05) is 6.26 Å². The zero-order valence-corrected chi connectivity index (χ0v) is 7.68. The fraction of sp³-hybridized carbons (Fsp3) is 0.286. The van der Waals surface area contributed by atoms with Gasteiger partial charge < -0.3 is 5.32 Å². The number of rotatable bonds is 2. The van der Waals surface area contributed by atoms with E-state index < -0.39 is 0 Å². The quantitative estimate of drug-likeness (QED) is 0.552. The van der Waals surface area contributed by atoms with Crippen molar-refractivity contribution in [1.82, 2.24) is 9.97 Å². The van der Waals surface area contributed by atoms with Crippen LogP contribution < -0.4 is 5.32 Å². The van der Waals surface area contributed by atoms with Gasteiger partial charge in [0.15, 0.2) is 5.16 Å². The summed E-state index contributed by atoms with van der Waals surface area (Å²) >= 11 is 1.44. The largest absolute Gasteiger partial charge is 0.311 e. The van der Waals surface area contributed by atoms with Crippen LogP contribution in [0.15, 0.2) is 17.4 Å². The highest BCUT2D eigenvalue weighted by Gasteiger charge is 1.98. The van der Waals surface area contributed by atoms with Gasteiger partial charge in [-0.15, -0.1) is 0 Å². The first kappa shape index (κ1) is 8.99. The molecule has 4 nitrogen and oxygen atoms in total. The highest BCUT2D eigenvalue weighted by Crippen LogP contribution is 2.10. The van der Waals surface area contributed by atoms with E-state index in [0.29, 0.717) is 11.0 Å². The van der Waals surface area contributed by atoms with E-state index in [4.69, 9.17) is 0 Å². The molecular weight excluding hydrogens is 174 g/mol. The van der Waals surface area contributed by atoms with E-state index in [1.165, 1.54) is 18.7 Å². The smallest absolute Gasteiger partial charge is 0.222 e. The summed E-state index contributed by atoms with van der Waals surface area (Å²) in [5.41, 5.74) is 0. The van der Waals surface area contributed by atoms with Crippen molar-refractivity contribution >= 4 is 23.5 Å². The Morgan fingerprint density at radius 3 is 3.00 bits per heavy atom. The van der Waals surface area contributed by atoms with E-state index in [0.717, 1.165) is 0 Å². The third kappa shape index (κ3) is 2.50. The minimum absolute atomic E-state index is 0.124. The second-order valence-corrected chi connectivity index (χ2v) is 2.88. The SMILES string of the molecule is CSc1nccc(NC(C)=O)n1. The lowest BCUT2D eigenvalue weighted by molar-refractivity contribution is -0.114. The van der Waals surface area contributed by atoms with Crippen molar-refractivity contribution in [3.63, 3.8) is 0 Å². The molecule has 0 unspecified atom stereocenters. The number of nitrogens with one attached hydrogen (secondary N) is 1. The number of hydrogen-bond donors (Lipinski definition) is 1. The van der Waals surface area contributed by atoms with Gasteiger partial charge in [-0.05, 0) is 12.3 Å². The normalized spacial score (nSPS) is 9.50. The van der Waals surface area contributed by atoms with Crippen LogP contribution in [0.3, 0.4) is 0 Å². The number of carbonyl (C=O) groups excluding carboxylic acids is 1. The Labute approximate surface area is 74.8 Å². The standard InChI is InChI=1S/C7H9N3OS/c1-5(11)9-6-3-4-8-7(10-6)12-2/h3-4H,1-2H3,(H,8,9,10,11). The lowest BCUT2D eigenvalue weighted by Crippen LogP contribution is -2.07. The Kier molecular flexibility index (Phi) is 3.04. The van der Waals surface area contributed by atoms with Crippen LogP contribution >= 0.6 is 11.8 Å². The summed E-state index contributed by atoms with van der Waals surface area (Å²) in [4.78, 5) is 18.7. The van der Waals surface area contributed by atoms with Crippen molar-refractivity contribution in [2.45, 2.75) is 12.1 Å². The predicted octanol–water partition coefficient (Wildman–Crippen LogP) is 1.16. The minimum atomic E-state index is -0.124. The molecule has 1 heterocycles. The number of thioether (sulfide) groups is 1. The first-order chi connectivity index (χ1) is 5.72. The molecule has 0 aliphatic heterocycles. The van der Waals surface area contributed by atoms with Gasteiger partial charge in [-0.3, -0.25) is 4.79 Å². The second kappa shape index (κ2) is 4.06. The van der Waals surface area contributed by atoms with E-state index in [1.54, 1.807) is 12.3 Å². The molecule has 0 radical (unpaired) electrons. The summed E-state index contributed by atoms with van der Waals surface area (Å²) in [6.07, 6.45) is 3.50. The maximum Gasteiger partial charge on any atom is 0.222 e. The zero-order chi connectivity index (χ0) is 8.97. The number of carbonyl (C=O) groups is 1. The molecule has 64 valence electrons. The third-order valence-corrected chi connectivity index (χ3v) is 1.68. The molecule has 5 heteroatoms. The van der Waals surface area contributed by atoms with Crippen molar-refractivity contribution in [3.8, 4) is 0 Å². The summed E-state index contributed by atoms with van der Waals surface area (Å²) in [5.74, 6) is 0.419. The molecule has 1 aromatic rings. The Balaban J connectivity index is 2.79. The lowest BCUT2D eigenvalue weighted by Gasteiger charge is -2.00. The molecule has 0 saturated carbocycles. The number of nitrogens with zero attached hydrogens (tertiary/aromatic N) is 2. The van der Waals surface area contributed by atoms with Crippen LogP contribution in [0, 0.1) is 0 Å². The van der Waals surface area contributed by atoms with E-state index in [2.05, 4.69) is 15.3 Å². The monoisotopic (exact) mass is 183 g/mol. The third-order valence-electron chi connectivity index (χ3n) is 1.12. The van der Waals surface area contributed by atoms with Crippen LogP contribution in [0.25, 0.3) is 0 Å². The number of hydrogen-bond acceptors (Lipinski definition) is 4. The lowest BCUT2D eigenvalue weighted by atomic mass is 10.5. The number of anilines is 1. The number of amides is 1. The highest BCUT2D eigenvalue weighted by molar-refractivity contribution is 7.98. The first-order valence-electron chi connectivity index (χ1n) is 3.37. The molecule has 0 spiro atoms. The second-order valence-electron chi connectivity index (χ2n) is 2.11. The van der Waals surface area contributed by atoms with Crippen molar-refractivity contribution in [3.05, 3.63) is 12.3 Å². The highest BCUT2D eigenvalue weighted by atomic mass is 32.2. The molecule has 0 atom stereocenters. The number of aromatic nitrogens is 2. The van der Waals surface area contributed by atoms with Gasteiger partial charge in [0.2, 0.25) is 5.91 Å². The molecule has 1 amide bonds. The molecule has 0 aliphatic rings. The van der Waals surface area contributed by atoms with Gasteiger partial charge >= 0.3 is 0 Å². The summed E-state index contributed by atoms with van der Waals surface area (Å²) in [6.45, 7) is 1.45. The van der Waals surface area contributed by atoms with Crippen LogP contribution in [0.2, 0.25) is 0 Å². The topological polar surface area (TPSA) is 54.9 Å². The van der Waals surface area contributed by atoms with E-state index in [9.17, 15) is 4.79 Å². The Morgan fingerprint density at radius 1 is 1.67 bits per heavy atom. The van der Waals surface area contributed by atoms with Crippen LogP contribution in [0.1, 0.15) is 6.92 Å². The predicted molar refractivity (Wildman–Crippen MR) is 48.1 cm³/mol. The van der Waals surface area contributed by atoms with Gasteiger partial charge in [0, 0.05) is 13.1 Å². The van der Waals surface area contributed by atoms with Crippen LogP contribution in [0.4, 0.5) is 5.82 Å². The van der Waals surface area contributed by atoms with Gasteiger partial charge in [0.1, 0.15) is 5.82 Å². The summed E-state index contributed by atoms with van der Waals surface area (Å²) in [6, 6.07) is 1.65. The molecule has 12 heavy (non-hydrogen) atoms. The summed E-state index contributed by atoms with van der Waals surface area (Å²) in [5, 5.41) is 3.23. The first-order valence-corrected chi connectivity index (χ1v) is 4.59. The average molecular weight is 183 g/mol. The molecule has 0 bridgehead atoms. The fourth-order valence-electron chi connectivity index (χ4n) is 0.689. The molecule has 1 aromatic heterocycles. The molecule has 0 fully saturated rings. The zero-order valence-electron chi connectivity index (χ0n) is 6.87. The molecule has 0 aliphatic carbocycles. The van der Waals surface area contributed by atoms with Crippen LogP contribution in [-0.4, -0.2) is 22.1 Å². The maximum absolute atomic E-state index is 10.6. The molecule has 1 rings (SSSR count).